The Morgan fingerprint density at radius 2 is 2.05 bits per heavy atom. The topological polar surface area (TPSA) is 56.0 Å². The minimum absolute atomic E-state index is 0.241. The van der Waals surface area contributed by atoms with Gasteiger partial charge in [-0.05, 0) is 29.8 Å². The Labute approximate surface area is 125 Å². The van der Waals surface area contributed by atoms with Gasteiger partial charge in [0, 0.05) is 11.8 Å². The van der Waals surface area contributed by atoms with E-state index in [1.54, 1.807) is 0 Å². The van der Waals surface area contributed by atoms with Crippen molar-refractivity contribution in [2.45, 2.75) is 29.9 Å². The van der Waals surface area contributed by atoms with E-state index in [0.29, 0.717) is 5.15 Å². The molecule has 0 spiro atoms. The van der Waals surface area contributed by atoms with Gasteiger partial charge in [0.1, 0.15) is 16.5 Å². The summed E-state index contributed by atoms with van der Waals surface area (Å²) in [7, 11) is 0. The Morgan fingerprint density at radius 1 is 1.20 bits per heavy atom. The summed E-state index contributed by atoms with van der Waals surface area (Å²) in [6.07, 6.45) is 3.40. The van der Waals surface area contributed by atoms with Gasteiger partial charge in [-0.1, -0.05) is 31.5 Å². The lowest BCUT2D eigenvalue weighted by molar-refractivity contribution is 0.799. The van der Waals surface area contributed by atoms with E-state index in [4.69, 9.17) is 11.6 Å². The van der Waals surface area contributed by atoms with E-state index >= 15 is 0 Å². The van der Waals surface area contributed by atoms with Crippen LogP contribution in [0.25, 0.3) is 5.65 Å². The first-order chi connectivity index (χ1) is 9.66. The SMILES string of the molecule is CC(C)c1c(Cl)ncnc1Sc1nnc2ccccn12. The molecule has 0 saturated carbocycles. The lowest BCUT2D eigenvalue weighted by atomic mass is 10.1. The molecule has 7 heteroatoms. The molecule has 3 aromatic heterocycles. The van der Waals surface area contributed by atoms with Crippen LogP contribution in [0, 0.1) is 0 Å². The fourth-order valence-corrected chi connectivity index (χ4v) is 3.36. The van der Waals surface area contributed by atoms with Crippen molar-refractivity contribution < 1.29 is 0 Å². The smallest absolute Gasteiger partial charge is 0.201 e. The lowest BCUT2D eigenvalue weighted by Gasteiger charge is -2.11. The molecule has 0 aliphatic rings. The summed E-state index contributed by atoms with van der Waals surface area (Å²) >= 11 is 7.62. The van der Waals surface area contributed by atoms with Crippen LogP contribution in [0.1, 0.15) is 25.3 Å². The van der Waals surface area contributed by atoms with E-state index in [2.05, 4.69) is 34.0 Å². The van der Waals surface area contributed by atoms with Crippen LogP contribution in [0.2, 0.25) is 5.15 Å². The van der Waals surface area contributed by atoms with Crippen molar-refractivity contribution in [2.75, 3.05) is 0 Å². The molecule has 3 aromatic rings. The molecule has 0 unspecified atom stereocenters. The van der Waals surface area contributed by atoms with E-state index < -0.39 is 0 Å². The molecule has 0 aliphatic heterocycles. The quantitative estimate of drug-likeness (QED) is 0.694. The first-order valence-corrected chi connectivity index (χ1v) is 7.34. The minimum Gasteiger partial charge on any atom is -0.277 e. The van der Waals surface area contributed by atoms with Gasteiger partial charge in [0.2, 0.25) is 5.16 Å². The number of halogens is 1. The van der Waals surface area contributed by atoms with Gasteiger partial charge in [-0.2, -0.15) is 0 Å². The molecule has 0 N–H and O–H groups in total. The Kier molecular flexibility index (Phi) is 3.58. The highest BCUT2D eigenvalue weighted by molar-refractivity contribution is 7.99. The number of rotatable bonds is 3. The highest BCUT2D eigenvalue weighted by Gasteiger charge is 2.17. The molecule has 0 amide bonds. The molecular weight excluding hydrogens is 294 g/mol. The zero-order chi connectivity index (χ0) is 14.1. The fraction of sp³-hybridized carbons (Fsp3) is 0.231. The summed E-state index contributed by atoms with van der Waals surface area (Å²) in [5.74, 6) is 0.241. The summed E-state index contributed by atoms with van der Waals surface area (Å²) in [5.41, 5.74) is 1.74. The van der Waals surface area contributed by atoms with Crippen LogP contribution >= 0.6 is 23.4 Å². The van der Waals surface area contributed by atoms with E-state index in [1.165, 1.54) is 18.1 Å². The third-order valence-corrected chi connectivity index (χ3v) is 4.13. The summed E-state index contributed by atoms with van der Waals surface area (Å²) in [4.78, 5) is 8.38. The Bertz CT molecular complexity index is 755. The van der Waals surface area contributed by atoms with Crippen molar-refractivity contribution in [3.63, 3.8) is 0 Å². The fourth-order valence-electron chi connectivity index (χ4n) is 1.90. The van der Waals surface area contributed by atoms with E-state index in [0.717, 1.165) is 21.4 Å². The normalized spacial score (nSPS) is 11.4. The van der Waals surface area contributed by atoms with Crippen LogP contribution in [-0.4, -0.2) is 24.6 Å². The molecule has 3 heterocycles. The van der Waals surface area contributed by atoms with E-state index in [1.807, 2.05) is 28.8 Å². The number of pyridine rings is 1. The zero-order valence-corrected chi connectivity index (χ0v) is 12.6. The Hall–Kier alpha value is -1.66. The number of hydrogen-bond donors (Lipinski definition) is 0. The standard InChI is InChI=1S/C13H12ClN5S/c1-8(2)10-11(14)15-7-16-12(10)20-13-18-17-9-5-3-4-6-19(9)13/h3-8H,1-2H3. The first-order valence-electron chi connectivity index (χ1n) is 6.15. The minimum atomic E-state index is 0.241. The van der Waals surface area contributed by atoms with Crippen molar-refractivity contribution >= 4 is 29.0 Å². The molecule has 0 fully saturated rings. The lowest BCUT2D eigenvalue weighted by Crippen LogP contribution is -1.98. The van der Waals surface area contributed by atoms with Crippen LogP contribution in [-0.2, 0) is 0 Å². The van der Waals surface area contributed by atoms with Crippen LogP contribution in [0.15, 0.2) is 40.9 Å². The van der Waals surface area contributed by atoms with Crippen molar-refractivity contribution in [3.05, 3.63) is 41.4 Å². The molecule has 20 heavy (non-hydrogen) atoms. The summed E-state index contributed by atoms with van der Waals surface area (Å²) in [5, 5.41) is 10.4. The van der Waals surface area contributed by atoms with Gasteiger partial charge in [-0.25, -0.2) is 9.97 Å². The average molecular weight is 306 g/mol. The number of aromatic nitrogens is 5. The third-order valence-electron chi connectivity index (χ3n) is 2.85. The second-order valence-corrected chi connectivity index (χ2v) is 5.87. The average Bonchev–Trinajstić information content (AvgIpc) is 2.82. The molecule has 0 bridgehead atoms. The van der Waals surface area contributed by atoms with Gasteiger partial charge in [-0.3, -0.25) is 4.40 Å². The molecule has 5 nitrogen and oxygen atoms in total. The first kappa shape index (κ1) is 13.3. The monoisotopic (exact) mass is 305 g/mol. The van der Waals surface area contributed by atoms with Crippen LogP contribution in [0.4, 0.5) is 0 Å². The van der Waals surface area contributed by atoms with Gasteiger partial charge in [0.25, 0.3) is 0 Å². The van der Waals surface area contributed by atoms with Crippen molar-refractivity contribution in [3.8, 4) is 0 Å². The predicted octanol–water partition coefficient (Wildman–Crippen LogP) is 3.45. The maximum absolute atomic E-state index is 6.18. The van der Waals surface area contributed by atoms with Gasteiger partial charge in [-0.15, -0.1) is 10.2 Å². The highest BCUT2D eigenvalue weighted by Crippen LogP contribution is 2.34. The maximum Gasteiger partial charge on any atom is 0.201 e. The maximum atomic E-state index is 6.18. The molecule has 0 aliphatic carbocycles. The molecule has 0 atom stereocenters. The zero-order valence-electron chi connectivity index (χ0n) is 11.0. The van der Waals surface area contributed by atoms with Crippen molar-refractivity contribution in [1.29, 1.82) is 0 Å². The molecule has 102 valence electrons. The van der Waals surface area contributed by atoms with Crippen LogP contribution in [0.3, 0.4) is 0 Å². The number of nitrogens with zero attached hydrogens (tertiary/aromatic N) is 5. The van der Waals surface area contributed by atoms with E-state index in [-0.39, 0.29) is 5.92 Å². The third kappa shape index (κ3) is 2.36. The van der Waals surface area contributed by atoms with Crippen LogP contribution < -0.4 is 0 Å². The Balaban J connectivity index is 2.05. The summed E-state index contributed by atoms with van der Waals surface area (Å²) in [6.45, 7) is 4.13. The molecular formula is C13H12ClN5S. The second-order valence-electron chi connectivity index (χ2n) is 4.55. The summed E-state index contributed by atoms with van der Waals surface area (Å²) in [6, 6.07) is 5.78. The van der Waals surface area contributed by atoms with E-state index in [9.17, 15) is 0 Å². The van der Waals surface area contributed by atoms with Gasteiger partial charge in [0.05, 0.1) is 0 Å². The highest BCUT2D eigenvalue weighted by atomic mass is 35.5. The number of fused-ring (bicyclic) bond motifs is 1. The molecule has 0 aromatic carbocycles. The Morgan fingerprint density at radius 3 is 2.85 bits per heavy atom. The number of hydrogen-bond acceptors (Lipinski definition) is 5. The van der Waals surface area contributed by atoms with Gasteiger partial charge in [0.15, 0.2) is 5.65 Å². The molecule has 0 radical (unpaired) electrons. The summed E-state index contributed by atoms with van der Waals surface area (Å²) < 4.78 is 1.92. The predicted molar refractivity (Wildman–Crippen MR) is 78.2 cm³/mol. The molecule has 0 saturated heterocycles. The largest absolute Gasteiger partial charge is 0.277 e. The van der Waals surface area contributed by atoms with Gasteiger partial charge >= 0.3 is 0 Å². The van der Waals surface area contributed by atoms with Crippen molar-refractivity contribution in [2.24, 2.45) is 0 Å². The second kappa shape index (κ2) is 5.38. The van der Waals surface area contributed by atoms with Crippen LogP contribution in [0.5, 0.6) is 0 Å². The van der Waals surface area contributed by atoms with Gasteiger partial charge < -0.3 is 0 Å². The van der Waals surface area contributed by atoms with Crippen molar-refractivity contribution in [1.82, 2.24) is 24.6 Å². The molecule has 3 rings (SSSR count).